The molecule has 140 valence electrons. The number of hydrogen-bond acceptors (Lipinski definition) is 4. The van der Waals surface area contributed by atoms with E-state index in [0.717, 1.165) is 5.56 Å². The topological polar surface area (TPSA) is 56.6 Å². The largest absolute Gasteiger partial charge is 0.484 e. The van der Waals surface area contributed by atoms with Gasteiger partial charge in [-0.25, -0.2) is 0 Å². The van der Waals surface area contributed by atoms with E-state index in [1.54, 1.807) is 23.1 Å². The third-order valence-electron chi connectivity index (χ3n) is 4.47. The number of nitriles is 1. The zero-order valence-electron chi connectivity index (χ0n) is 14.6. The molecule has 1 fully saturated rings. The molecule has 1 aliphatic rings. The van der Waals surface area contributed by atoms with Crippen LogP contribution in [0.15, 0.2) is 48.5 Å². The fraction of sp³-hybridized carbons (Fsp3) is 0.300. The van der Waals surface area contributed by atoms with Crippen molar-refractivity contribution in [2.45, 2.75) is 6.04 Å². The molecule has 1 heterocycles. The van der Waals surface area contributed by atoms with Gasteiger partial charge in [0.25, 0.3) is 5.91 Å². The quantitative estimate of drug-likeness (QED) is 0.761. The minimum Gasteiger partial charge on any atom is -0.484 e. The number of benzene rings is 2. The minimum atomic E-state index is -0.298. The highest BCUT2D eigenvalue weighted by Crippen LogP contribution is 2.24. The van der Waals surface area contributed by atoms with Gasteiger partial charge in [-0.1, -0.05) is 53.5 Å². The number of hydrogen-bond donors (Lipinski definition) is 0. The first-order valence-corrected chi connectivity index (χ1v) is 9.37. The Morgan fingerprint density at radius 1 is 1.07 bits per heavy atom. The number of amides is 1. The number of carbonyl (C=O) groups excluding carboxylic acids is 1. The van der Waals surface area contributed by atoms with E-state index >= 15 is 0 Å². The zero-order chi connectivity index (χ0) is 19.2. The molecule has 2 aromatic rings. The van der Waals surface area contributed by atoms with Crippen molar-refractivity contribution in [3.05, 3.63) is 64.1 Å². The normalized spacial score (nSPS) is 15.8. The first kappa shape index (κ1) is 19.5. The fourth-order valence-electron chi connectivity index (χ4n) is 3.08. The highest BCUT2D eigenvalue weighted by molar-refractivity contribution is 6.34. The lowest BCUT2D eigenvalue weighted by Crippen LogP contribution is -2.50. The van der Waals surface area contributed by atoms with Gasteiger partial charge in [0.05, 0.1) is 6.07 Å². The Kier molecular flexibility index (Phi) is 6.57. The Labute approximate surface area is 168 Å². The van der Waals surface area contributed by atoms with Gasteiger partial charge in [-0.05, 0) is 23.8 Å². The van der Waals surface area contributed by atoms with Gasteiger partial charge >= 0.3 is 0 Å². The van der Waals surface area contributed by atoms with Crippen molar-refractivity contribution in [2.24, 2.45) is 0 Å². The average Bonchev–Trinajstić information content (AvgIpc) is 2.67. The van der Waals surface area contributed by atoms with Crippen LogP contribution in [0.4, 0.5) is 0 Å². The maximum Gasteiger partial charge on any atom is 0.260 e. The molecule has 0 aromatic heterocycles. The van der Waals surface area contributed by atoms with E-state index in [1.165, 1.54) is 0 Å². The van der Waals surface area contributed by atoms with Crippen LogP contribution in [-0.2, 0) is 4.79 Å². The monoisotopic (exact) mass is 403 g/mol. The second-order valence-electron chi connectivity index (χ2n) is 6.25. The van der Waals surface area contributed by atoms with Crippen molar-refractivity contribution < 1.29 is 9.53 Å². The molecular formula is C20H19Cl2N3O2. The van der Waals surface area contributed by atoms with Crippen molar-refractivity contribution >= 4 is 29.1 Å². The molecule has 0 spiro atoms. The van der Waals surface area contributed by atoms with Crippen LogP contribution in [-0.4, -0.2) is 48.5 Å². The smallest absolute Gasteiger partial charge is 0.260 e. The van der Waals surface area contributed by atoms with E-state index in [4.69, 9.17) is 27.9 Å². The molecule has 0 aliphatic carbocycles. The highest BCUT2D eigenvalue weighted by Gasteiger charge is 2.27. The molecule has 2 aromatic carbocycles. The number of carbonyl (C=O) groups is 1. The summed E-state index contributed by atoms with van der Waals surface area (Å²) in [4.78, 5) is 16.3. The van der Waals surface area contributed by atoms with E-state index in [-0.39, 0.29) is 18.6 Å². The van der Waals surface area contributed by atoms with E-state index in [9.17, 15) is 10.1 Å². The average molecular weight is 404 g/mol. The maximum atomic E-state index is 12.4. The molecule has 1 saturated heterocycles. The van der Waals surface area contributed by atoms with Gasteiger partial charge in [-0.3, -0.25) is 9.69 Å². The molecule has 1 amide bonds. The molecule has 1 unspecified atom stereocenters. The van der Waals surface area contributed by atoms with Gasteiger partial charge in [-0.2, -0.15) is 5.26 Å². The zero-order valence-corrected chi connectivity index (χ0v) is 16.2. The Balaban J connectivity index is 1.52. The molecule has 0 N–H and O–H groups in total. The van der Waals surface area contributed by atoms with E-state index in [1.807, 2.05) is 30.3 Å². The summed E-state index contributed by atoms with van der Waals surface area (Å²) in [6.07, 6.45) is 0. The van der Waals surface area contributed by atoms with E-state index in [0.29, 0.717) is 42.0 Å². The van der Waals surface area contributed by atoms with Crippen LogP contribution in [0, 0.1) is 11.3 Å². The summed E-state index contributed by atoms with van der Waals surface area (Å²) in [6, 6.07) is 16.6. The van der Waals surface area contributed by atoms with Gasteiger partial charge in [0.2, 0.25) is 0 Å². The number of ether oxygens (including phenoxy) is 1. The van der Waals surface area contributed by atoms with Crippen molar-refractivity contribution in [1.82, 2.24) is 9.80 Å². The first-order chi connectivity index (χ1) is 13.1. The van der Waals surface area contributed by atoms with Gasteiger partial charge in [0.1, 0.15) is 11.8 Å². The Morgan fingerprint density at radius 2 is 1.70 bits per heavy atom. The first-order valence-electron chi connectivity index (χ1n) is 8.62. The summed E-state index contributed by atoms with van der Waals surface area (Å²) in [7, 11) is 0. The van der Waals surface area contributed by atoms with Crippen LogP contribution in [0.3, 0.4) is 0 Å². The minimum absolute atomic E-state index is 0.0724. The second kappa shape index (κ2) is 9.09. The van der Waals surface area contributed by atoms with Crippen LogP contribution in [0.5, 0.6) is 5.75 Å². The Hall–Kier alpha value is -2.26. The van der Waals surface area contributed by atoms with Crippen molar-refractivity contribution in [3.63, 3.8) is 0 Å². The van der Waals surface area contributed by atoms with E-state index in [2.05, 4.69) is 11.0 Å². The van der Waals surface area contributed by atoms with Crippen molar-refractivity contribution in [2.75, 3.05) is 32.8 Å². The summed E-state index contributed by atoms with van der Waals surface area (Å²) >= 11 is 11.9. The van der Waals surface area contributed by atoms with Gasteiger partial charge in [0, 0.05) is 36.2 Å². The van der Waals surface area contributed by atoms with Gasteiger partial charge < -0.3 is 9.64 Å². The molecule has 7 heteroatoms. The SMILES string of the molecule is N#CC(c1ccccc1)N1CCN(C(=O)COc2cc(Cl)cc(Cl)c2)CC1. The number of piperazine rings is 1. The molecule has 27 heavy (non-hydrogen) atoms. The third-order valence-corrected chi connectivity index (χ3v) is 4.90. The predicted molar refractivity (Wildman–Crippen MR) is 105 cm³/mol. The van der Waals surface area contributed by atoms with Crippen LogP contribution >= 0.6 is 23.2 Å². The lowest BCUT2D eigenvalue weighted by Gasteiger charge is -2.37. The molecule has 0 saturated carbocycles. The van der Waals surface area contributed by atoms with Crippen molar-refractivity contribution in [1.29, 1.82) is 5.26 Å². The number of rotatable bonds is 5. The Morgan fingerprint density at radius 3 is 2.30 bits per heavy atom. The molecular weight excluding hydrogens is 385 g/mol. The number of nitrogens with zero attached hydrogens (tertiary/aromatic N) is 3. The summed E-state index contributed by atoms with van der Waals surface area (Å²) in [5.74, 6) is 0.368. The molecule has 1 aliphatic heterocycles. The summed E-state index contributed by atoms with van der Waals surface area (Å²) in [5, 5.41) is 10.5. The third kappa shape index (κ3) is 5.14. The highest BCUT2D eigenvalue weighted by atomic mass is 35.5. The summed E-state index contributed by atoms with van der Waals surface area (Å²) in [5.41, 5.74) is 0.973. The molecule has 1 atom stereocenters. The Bertz CT molecular complexity index is 811. The van der Waals surface area contributed by atoms with Gasteiger partial charge in [-0.15, -0.1) is 0 Å². The van der Waals surface area contributed by atoms with Crippen LogP contribution in [0.2, 0.25) is 10.0 Å². The van der Waals surface area contributed by atoms with Crippen LogP contribution in [0.25, 0.3) is 0 Å². The maximum absolute atomic E-state index is 12.4. The predicted octanol–water partition coefficient (Wildman–Crippen LogP) is 3.78. The van der Waals surface area contributed by atoms with Crippen LogP contribution < -0.4 is 4.74 Å². The lowest BCUT2D eigenvalue weighted by atomic mass is 10.1. The fourth-order valence-corrected chi connectivity index (χ4v) is 3.59. The summed E-state index contributed by atoms with van der Waals surface area (Å²) in [6.45, 7) is 2.33. The second-order valence-corrected chi connectivity index (χ2v) is 7.13. The molecule has 3 rings (SSSR count). The summed E-state index contributed by atoms with van der Waals surface area (Å²) < 4.78 is 5.52. The standard InChI is InChI=1S/C20H19Cl2N3O2/c21-16-10-17(22)12-18(11-16)27-14-20(26)25-8-6-24(7-9-25)19(13-23)15-4-2-1-3-5-15/h1-5,10-12,19H,6-9,14H2. The lowest BCUT2D eigenvalue weighted by molar-refractivity contribution is -0.135. The van der Waals surface area contributed by atoms with Crippen molar-refractivity contribution in [3.8, 4) is 11.8 Å². The molecule has 0 radical (unpaired) electrons. The van der Waals surface area contributed by atoms with E-state index < -0.39 is 0 Å². The molecule has 0 bridgehead atoms. The number of halogens is 2. The van der Waals surface area contributed by atoms with Gasteiger partial charge in [0.15, 0.2) is 6.61 Å². The van der Waals surface area contributed by atoms with Crippen LogP contribution in [0.1, 0.15) is 11.6 Å². The molecule has 5 nitrogen and oxygen atoms in total.